The van der Waals surface area contributed by atoms with Crippen LogP contribution >= 0.6 is 0 Å². The number of aromatic nitrogens is 3. The molecule has 0 amide bonds. The Morgan fingerprint density at radius 2 is 0.414 bits per heavy atom. The number of hydrogen-bond donors (Lipinski definition) is 0. The van der Waals surface area contributed by atoms with Crippen molar-refractivity contribution in [2.75, 3.05) is 14.7 Å². The average Bonchev–Trinajstić information content (AvgIpc) is 1.51. The molecule has 16 rings (SSSR count). The summed E-state index contributed by atoms with van der Waals surface area (Å²) in [5.41, 5.74) is 29.1. The monoisotopic (exact) mass is 1450 g/mol. The highest BCUT2D eigenvalue weighted by Gasteiger charge is 2.30. The van der Waals surface area contributed by atoms with Crippen LogP contribution in [0.1, 0.15) is 153 Å². The molecule has 0 aliphatic rings. The molecule has 0 aliphatic carbocycles. The Morgan fingerprint density at radius 3 is 0.658 bits per heavy atom. The second kappa shape index (κ2) is 34.3. The fourth-order valence-electron chi connectivity index (χ4n) is 17.5. The normalized spacial score (nSPS) is 11.7. The van der Waals surface area contributed by atoms with Gasteiger partial charge in [0.2, 0.25) is 0 Å². The zero-order valence-electron chi connectivity index (χ0n) is 66.2. The van der Waals surface area contributed by atoms with Crippen LogP contribution < -0.4 is 14.7 Å². The van der Waals surface area contributed by atoms with Gasteiger partial charge in [-0.25, -0.2) is 0 Å². The van der Waals surface area contributed by atoms with Gasteiger partial charge in [0.15, 0.2) is 0 Å². The highest BCUT2D eigenvalue weighted by atomic mass is 15.2. The summed E-state index contributed by atoms with van der Waals surface area (Å²) in [6.45, 7) is 16.3. The molecule has 13 aromatic carbocycles. The highest BCUT2D eigenvalue weighted by molar-refractivity contribution is 6.40. The molecule has 16 aromatic rings. The zero-order chi connectivity index (χ0) is 75.6. The fraction of sp³-hybridized carbons (Fsp3) is 0.257. The number of hydrogen-bond acceptors (Lipinski definition) is 3. The molecule has 0 atom stereocenters. The molecule has 0 radical (unpaired) electrons. The standard InChI is InChI=1S/C105H108N6/c1-7-10-13-16-19-31-70-106-97-73-91(109(85-52-40-76(4)41-53-85)88-58-46-82(47-59-88)79-34-25-22-26-35-79)64-67-94(97)100-103(106)101-95-68-65-92(110(86-54-42-77(5)43-55-86)89-60-48-83(49-61-89)80-36-27-23-28-37-80)74-98(95)107(71-32-20-17-14-11-8-2)105(101)102-96-69-66-93(75-99(96)108(104(100)102)72-33-21-18-15-12-9-3)111(87-56-44-78(6)45-57-87)90-62-50-84(51-63-90)81-38-29-24-30-39-81/h22-30,34-69,73-75H,7-21,31-33,70-72H2,1-6H3. The number of benzene rings is 13. The topological polar surface area (TPSA) is 24.5 Å². The molecule has 558 valence electrons. The first kappa shape index (κ1) is 73.8. The first-order chi connectivity index (χ1) is 54.7. The minimum Gasteiger partial charge on any atom is -0.340 e. The summed E-state index contributed by atoms with van der Waals surface area (Å²) < 4.78 is 8.52. The van der Waals surface area contributed by atoms with Gasteiger partial charge in [-0.05, 0) is 183 Å². The molecular formula is C105H108N6. The molecule has 0 spiro atoms. The van der Waals surface area contributed by atoms with Crippen LogP contribution in [0.5, 0.6) is 0 Å². The Bertz CT molecular complexity index is 5170. The minimum atomic E-state index is 0.894. The van der Waals surface area contributed by atoms with E-state index >= 15 is 0 Å². The number of aryl methyl sites for hydroxylation is 6. The number of rotatable bonds is 33. The van der Waals surface area contributed by atoms with E-state index in [-0.39, 0.29) is 0 Å². The van der Waals surface area contributed by atoms with Gasteiger partial charge in [0, 0.05) is 103 Å². The lowest BCUT2D eigenvalue weighted by Gasteiger charge is -2.26. The van der Waals surface area contributed by atoms with Gasteiger partial charge >= 0.3 is 0 Å². The summed E-state index contributed by atoms with van der Waals surface area (Å²) in [6.07, 6.45) is 21.7. The molecule has 0 fully saturated rings. The van der Waals surface area contributed by atoms with Gasteiger partial charge in [0.05, 0.1) is 33.1 Å². The van der Waals surface area contributed by atoms with E-state index in [1.54, 1.807) is 0 Å². The molecule has 6 nitrogen and oxygen atoms in total. The molecule has 0 saturated heterocycles. The lowest BCUT2D eigenvalue weighted by Crippen LogP contribution is -2.10. The summed E-state index contributed by atoms with van der Waals surface area (Å²) in [7, 11) is 0. The van der Waals surface area contributed by atoms with E-state index in [1.807, 2.05) is 0 Å². The molecule has 0 bridgehead atoms. The van der Waals surface area contributed by atoms with Crippen molar-refractivity contribution in [1.29, 1.82) is 0 Å². The summed E-state index contributed by atoms with van der Waals surface area (Å²) in [4.78, 5) is 7.50. The maximum absolute atomic E-state index is 2.84. The third kappa shape index (κ3) is 15.5. The molecule has 0 saturated carbocycles. The third-order valence-corrected chi connectivity index (χ3v) is 23.4. The maximum Gasteiger partial charge on any atom is 0.0614 e. The van der Waals surface area contributed by atoms with Gasteiger partial charge in [-0.3, -0.25) is 0 Å². The third-order valence-electron chi connectivity index (χ3n) is 23.4. The van der Waals surface area contributed by atoms with Crippen LogP contribution in [-0.2, 0) is 19.6 Å². The largest absolute Gasteiger partial charge is 0.340 e. The summed E-state index contributed by atoms with van der Waals surface area (Å²) in [5.74, 6) is 0. The Labute approximate surface area is 658 Å². The number of anilines is 9. The molecule has 0 N–H and O–H groups in total. The Hall–Kier alpha value is -11.3. The van der Waals surface area contributed by atoms with Crippen LogP contribution in [0.2, 0.25) is 0 Å². The number of nitrogens with zero attached hydrogens (tertiary/aromatic N) is 6. The predicted molar refractivity (Wildman–Crippen MR) is 480 cm³/mol. The molecule has 0 aliphatic heterocycles. The molecule has 0 unspecified atom stereocenters. The molecule has 3 aromatic heterocycles. The van der Waals surface area contributed by atoms with Crippen LogP contribution in [0.25, 0.3) is 98.8 Å². The summed E-state index contributed by atoms with van der Waals surface area (Å²) in [5, 5.41) is 7.99. The molecule has 111 heavy (non-hydrogen) atoms. The average molecular weight is 1450 g/mol. The van der Waals surface area contributed by atoms with E-state index in [2.05, 4.69) is 361 Å². The van der Waals surface area contributed by atoms with E-state index in [4.69, 9.17) is 0 Å². The fourth-order valence-corrected chi connectivity index (χ4v) is 17.5. The van der Waals surface area contributed by atoms with Gasteiger partial charge in [0.25, 0.3) is 0 Å². The molecule has 3 heterocycles. The van der Waals surface area contributed by atoms with Gasteiger partial charge in [-0.1, -0.05) is 316 Å². The van der Waals surface area contributed by atoms with Crippen molar-refractivity contribution in [2.45, 2.75) is 177 Å². The van der Waals surface area contributed by atoms with Gasteiger partial charge in [0.1, 0.15) is 0 Å². The van der Waals surface area contributed by atoms with Gasteiger partial charge in [-0.15, -0.1) is 0 Å². The lowest BCUT2D eigenvalue weighted by atomic mass is 10.0. The Morgan fingerprint density at radius 1 is 0.207 bits per heavy atom. The van der Waals surface area contributed by atoms with Crippen LogP contribution in [0.15, 0.2) is 291 Å². The number of unbranched alkanes of at least 4 members (excludes halogenated alkanes) is 15. The quantitative estimate of drug-likeness (QED) is 0.0383. The van der Waals surface area contributed by atoms with E-state index in [0.717, 1.165) is 90.1 Å². The lowest BCUT2D eigenvalue weighted by molar-refractivity contribution is 0.570. The number of fused-ring (bicyclic) bond motifs is 12. The van der Waals surface area contributed by atoms with Crippen molar-refractivity contribution in [3.8, 4) is 33.4 Å². The highest BCUT2D eigenvalue weighted by Crippen LogP contribution is 2.52. The predicted octanol–water partition coefficient (Wildman–Crippen LogP) is 31.4. The first-order valence-electron chi connectivity index (χ1n) is 41.8. The van der Waals surface area contributed by atoms with Crippen molar-refractivity contribution in [3.05, 3.63) is 308 Å². The zero-order valence-corrected chi connectivity index (χ0v) is 66.2. The minimum absolute atomic E-state index is 0.894. The van der Waals surface area contributed by atoms with Crippen molar-refractivity contribution in [2.24, 2.45) is 0 Å². The smallest absolute Gasteiger partial charge is 0.0614 e. The van der Waals surface area contributed by atoms with E-state index < -0.39 is 0 Å². The Balaban J connectivity index is 1.01. The first-order valence-corrected chi connectivity index (χ1v) is 41.8. The second-order valence-electron chi connectivity index (χ2n) is 31.3. The van der Waals surface area contributed by atoms with Crippen LogP contribution in [0, 0.1) is 20.8 Å². The molecular weight excluding hydrogens is 1350 g/mol. The second-order valence-corrected chi connectivity index (χ2v) is 31.3. The van der Waals surface area contributed by atoms with E-state index in [0.29, 0.717) is 0 Å². The van der Waals surface area contributed by atoms with Crippen LogP contribution in [0.4, 0.5) is 51.2 Å². The van der Waals surface area contributed by atoms with E-state index in [1.165, 1.54) is 212 Å². The van der Waals surface area contributed by atoms with Gasteiger partial charge < -0.3 is 28.4 Å². The maximum atomic E-state index is 2.84. The van der Waals surface area contributed by atoms with Crippen LogP contribution in [-0.4, -0.2) is 13.7 Å². The van der Waals surface area contributed by atoms with Crippen molar-refractivity contribution in [3.63, 3.8) is 0 Å². The van der Waals surface area contributed by atoms with Gasteiger partial charge in [-0.2, -0.15) is 0 Å². The SMILES string of the molecule is CCCCCCCCn1c2cc(N(c3ccc(C)cc3)c3ccc(-c4ccccc4)cc3)ccc2c2c1c1c3ccc(N(c4ccc(C)cc4)c4ccc(-c5ccccc5)cc4)cc3n(CCCCCCCC)c1c1c3ccc(N(c4ccc(C)cc4)c4ccc(-c5ccccc5)cc4)cc3n(CCCCCCCC)c21. The van der Waals surface area contributed by atoms with Crippen LogP contribution in [0.3, 0.4) is 0 Å². The van der Waals surface area contributed by atoms with Crippen molar-refractivity contribution in [1.82, 2.24) is 13.7 Å². The van der Waals surface area contributed by atoms with E-state index in [9.17, 15) is 0 Å². The Kier molecular flexibility index (Phi) is 22.8. The summed E-state index contributed by atoms with van der Waals surface area (Å²) >= 11 is 0. The van der Waals surface area contributed by atoms with Crippen molar-refractivity contribution >= 4 is 117 Å². The van der Waals surface area contributed by atoms with Crippen molar-refractivity contribution < 1.29 is 0 Å². The molecule has 6 heteroatoms. The summed E-state index contributed by atoms with van der Waals surface area (Å²) in [6, 6.07) is 110.